The molecular weight excluding hydrogens is 1290 g/mol. The molecule has 28 nitrogen and oxygen atoms in total. The molecule has 0 fully saturated rings. The molecule has 0 unspecified atom stereocenters. The predicted molar refractivity (Wildman–Crippen MR) is 351 cm³/mol. The van der Waals surface area contributed by atoms with E-state index in [1.165, 1.54) is 26.4 Å². The summed E-state index contributed by atoms with van der Waals surface area (Å²) >= 11 is 2.12. The van der Waals surface area contributed by atoms with Gasteiger partial charge in [0.1, 0.15) is 55.9 Å². The normalized spacial score (nSPS) is 11.9. The molecule has 33 heteroatoms. The molecule has 0 atom stereocenters. The van der Waals surface area contributed by atoms with Crippen molar-refractivity contribution in [1.82, 2.24) is 15.0 Å². The van der Waals surface area contributed by atoms with Crippen LogP contribution >= 0.6 is 34.4 Å². The number of nitrogens with zero attached hydrogens (tertiary/aromatic N) is 11. The second-order valence-corrected chi connectivity index (χ2v) is 24.7. The fraction of sp³-hybridized carbons (Fsp3) is 0.237. The van der Waals surface area contributed by atoms with Crippen LogP contribution in [0.4, 0.5) is 67.4 Å². The third-order valence-electron chi connectivity index (χ3n) is 13.1. The summed E-state index contributed by atoms with van der Waals surface area (Å²) in [6.45, 7) is 11.5. The van der Waals surface area contributed by atoms with Crippen LogP contribution in [-0.4, -0.2) is 122 Å². The van der Waals surface area contributed by atoms with Gasteiger partial charge in [-0.1, -0.05) is 48.2 Å². The highest BCUT2D eigenvalue weighted by Crippen LogP contribution is 2.46. The van der Waals surface area contributed by atoms with Crippen molar-refractivity contribution in [3.63, 3.8) is 0 Å². The van der Waals surface area contributed by atoms with Crippen LogP contribution in [0.15, 0.2) is 131 Å². The Bertz CT molecular complexity index is 4130. The number of aliphatic hydroxyl groups excluding tert-OH is 1. The van der Waals surface area contributed by atoms with Crippen molar-refractivity contribution in [2.45, 2.75) is 56.5 Å². The Balaban J connectivity index is 1.37. The number of hydrogen-bond acceptors (Lipinski definition) is 27. The number of aromatic nitrogens is 3. The number of azo groups is 2. The molecule has 2 amide bonds. The van der Waals surface area contributed by atoms with Crippen LogP contribution < -0.4 is 40.5 Å². The van der Waals surface area contributed by atoms with E-state index in [9.17, 15) is 60.7 Å². The molecule has 0 saturated heterocycles. The van der Waals surface area contributed by atoms with Crippen LogP contribution in [0.5, 0.6) is 11.5 Å². The molecule has 7 N–H and O–H groups in total. The lowest BCUT2D eigenvalue weighted by molar-refractivity contribution is -0.120. The molecule has 92 heavy (non-hydrogen) atoms. The van der Waals surface area contributed by atoms with Crippen molar-refractivity contribution in [2.75, 3.05) is 83.8 Å². The first-order valence-corrected chi connectivity index (χ1v) is 33.0. The van der Waals surface area contributed by atoms with Gasteiger partial charge in [0, 0.05) is 55.4 Å². The molecule has 0 spiro atoms. The van der Waals surface area contributed by atoms with E-state index in [2.05, 4.69) is 51.7 Å². The number of carbonyl (C=O) groups excluding carboxylic acids is 4. The van der Waals surface area contributed by atoms with Crippen molar-refractivity contribution in [2.24, 2.45) is 20.5 Å². The Hall–Kier alpha value is -9.84. The van der Waals surface area contributed by atoms with Gasteiger partial charge in [-0.2, -0.15) is 42.3 Å². The highest BCUT2D eigenvalue weighted by atomic mass is 32.2. The summed E-state index contributed by atoms with van der Waals surface area (Å²) in [5.74, 6) is -2.97. The Morgan fingerprint density at radius 3 is 1.32 bits per heavy atom. The molecular formula is C59H59N15O13S5. The summed E-state index contributed by atoms with van der Waals surface area (Å²) in [5.41, 5.74) is -0.353. The highest BCUT2D eigenvalue weighted by molar-refractivity contribution is 7.99. The number of carbonyl (C=O) groups is 4. The summed E-state index contributed by atoms with van der Waals surface area (Å²) in [4.78, 5) is 68.0. The first-order valence-electron chi connectivity index (χ1n) is 27.5. The van der Waals surface area contributed by atoms with Gasteiger partial charge in [-0.25, -0.2) is 0 Å². The van der Waals surface area contributed by atoms with Crippen LogP contribution in [0.1, 0.15) is 62.4 Å². The van der Waals surface area contributed by atoms with Crippen LogP contribution in [0.25, 0.3) is 12.2 Å². The average molecular weight is 1350 g/mol. The monoisotopic (exact) mass is 1350 g/mol. The fourth-order valence-corrected chi connectivity index (χ4v) is 13.6. The SMILES string of the molecule is CCN(CC)c1cc(Nc2nc(Nc3cc(N(CC)CC)c(OC)cc3/N=N/c3sc(/C=C(\C(C)=O)C(=O)Nc4ccccc4)c(S(=O)(=O)O)c3C#N)nc(SCCO)n2)c(/N=N/c2sc(/C=C(/C(C)=O)C(=O)Nc3ccccc3)c(S(=O)(=O)O)c2C#N)cc1OC. The van der Waals surface area contributed by atoms with E-state index in [4.69, 9.17) is 14.5 Å². The molecule has 0 saturated carbocycles. The number of Topliss-reactive ketones (excluding diaryl/α,β-unsaturated/α-hetero) is 2. The van der Waals surface area contributed by atoms with Gasteiger partial charge in [0.25, 0.3) is 32.1 Å². The quantitative estimate of drug-likeness (QED) is 0.00572. The first-order chi connectivity index (χ1) is 43.9. The van der Waals surface area contributed by atoms with Crippen molar-refractivity contribution in [3.8, 4) is 23.6 Å². The number of thioether (sulfide) groups is 1. The zero-order valence-corrected chi connectivity index (χ0v) is 54.4. The van der Waals surface area contributed by atoms with Gasteiger partial charge in [0.15, 0.2) is 26.7 Å². The maximum Gasteiger partial charge on any atom is 0.297 e. The number of amides is 2. The Labute approximate surface area is 541 Å². The van der Waals surface area contributed by atoms with Gasteiger partial charge in [-0.15, -0.1) is 43.1 Å². The molecule has 0 aliphatic rings. The van der Waals surface area contributed by atoms with E-state index in [0.29, 0.717) is 83.1 Å². The molecule has 7 rings (SSSR count). The number of para-hydroxylation sites is 2. The number of nitrogens with one attached hydrogen (secondary N) is 4. The summed E-state index contributed by atoms with van der Waals surface area (Å²) in [6, 6.07) is 26.0. The number of aliphatic hydroxyl groups is 1. The first kappa shape index (κ1) is 69.6. The minimum Gasteiger partial charge on any atom is -0.494 e. The number of hydrogen-bond donors (Lipinski definition) is 7. The van der Waals surface area contributed by atoms with Crippen LogP contribution in [0.2, 0.25) is 0 Å². The van der Waals surface area contributed by atoms with Crippen molar-refractivity contribution in [3.05, 3.63) is 117 Å². The Morgan fingerprint density at radius 1 is 0.620 bits per heavy atom. The van der Waals surface area contributed by atoms with Gasteiger partial charge in [0.05, 0.1) is 64.5 Å². The molecule has 7 aromatic rings. The summed E-state index contributed by atoms with van der Waals surface area (Å²) in [6.07, 6.45) is 1.86. The topological polar surface area (TPSA) is 406 Å². The van der Waals surface area contributed by atoms with Gasteiger partial charge in [-0.05, 0) is 90.1 Å². The second kappa shape index (κ2) is 31.3. The fourth-order valence-electron chi connectivity index (χ4n) is 8.78. The Morgan fingerprint density at radius 2 is 1.00 bits per heavy atom. The standard InChI is InChI=1S/C59H59N15O13S5/c1-9-73(10-2)45-27-41(43(29-47(45)86-7)69-71-55-39(31-60)51(91(80,81)82)49(89-55)25-37(33(5)76)53(78)62-35-19-15-13-16-20-35)64-57-66-58(68-59(67-57)88-24-23-75)65-42-28-46(74(11-3)12-4)48(87-8)30-44(42)70-72-56-40(32-61)52(92(83,84)85)50(90-56)26-38(34(6)77)54(79)63-36-21-17-14-18-22-36/h13-22,25-30,75H,9-12,23-24H2,1-8H3,(H,62,78)(H,63,79)(H,80,81,82)(H,83,84,85)(H2,64,65,66,67,68)/b37-25-,38-26+,71-69+,72-70+. The van der Waals surface area contributed by atoms with Gasteiger partial charge in [0.2, 0.25) is 11.9 Å². The minimum absolute atomic E-state index is 0.0116. The van der Waals surface area contributed by atoms with E-state index in [1.807, 2.05) is 37.5 Å². The lowest BCUT2D eigenvalue weighted by Gasteiger charge is -2.25. The lowest BCUT2D eigenvalue weighted by Crippen LogP contribution is -2.22. The maximum absolute atomic E-state index is 13.4. The third kappa shape index (κ3) is 16.9. The molecule has 0 aliphatic heterocycles. The molecule has 478 valence electrons. The number of ether oxygens (including phenoxy) is 2. The summed E-state index contributed by atoms with van der Waals surface area (Å²) < 4.78 is 84.8. The van der Waals surface area contributed by atoms with E-state index in [-0.39, 0.29) is 71.9 Å². The number of benzene rings is 4. The van der Waals surface area contributed by atoms with Gasteiger partial charge in [-0.3, -0.25) is 28.3 Å². The van der Waals surface area contributed by atoms with Gasteiger partial charge < -0.3 is 45.6 Å². The number of ketones is 2. The van der Waals surface area contributed by atoms with Crippen LogP contribution in [0, 0.1) is 22.7 Å². The summed E-state index contributed by atoms with van der Waals surface area (Å²) in [7, 11) is -7.63. The molecule has 0 aliphatic carbocycles. The zero-order chi connectivity index (χ0) is 67.0. The molecule has 0 bridgehead atoms. The number of rotatable bonds is 29. The minimum atomic E-state index is -5.24. The summed E-state index contributed by atoms with van der Waals surface area (Å²) in [5, 5.41) is 59.1. The van der Waals surface area contributed by atoms with Crippen molar-refractivity contribution < 1.29 is 59.7 Å². The second-order valence-electron chi connectivity index (χ2n) is 18.9. The largest absolute Gasteiger partial charge is 0.494 e. The molecule has 3 aromatic heterocycles. The van der Waals surface area contributed by atoms with E-state index in [1.54, 1.807) is 84.9 Å². The van der Waals surface area contributed by atoms with Gasteiger partial charge >= 0.3 is 0 Å². The molecule has 4 aromatic carbocycles. The number of thiophene rings is 2. The van der Waals surface area contributed by atoms with E-state index < -0.39 is 75.7 Å². The maximum atomic E-state index is 13.4. The van der Waals surface area contributed by atoms with E-state index >= 15 is 0 Å². The zero-order valence-electron chi connectivity index (χ0n) is 50.4. The number of nitriles is 2. The average Bonchev–Trinajstić information content (AvgIpc) is 1.59. The van der Waals surface area contributed by atoms with Crippen LogP contribution in [-0.2, 0) is 39.4 Å². The van der Waals surface area contributed by atoms with Crippen LogP contribution in [0.3, 0.4) is 0 Å². The smallest absolute Gasteiger partial charge is 0.297 e. The number of methoxy groups -OCH3 is 2. The molecule has 0 radical (unpaired) electrons. The lowest BCUT2D eigenvalue weighted by atomic mass is 10.1. The highest BCUT2D eigenvalue weighted by Gasteiger charge is 2.31. The van der Waals surface area contributed by atoms with Crippen molar-refractivity contribution >= 4 is 158 Å². The predicted octanol–water partition coefficient (Wildman–Crippen LogP) is 11.6. The Kier molecular flexibility index (Phi) is 23.7. The number of anilines is 8. The van der Waals surface area contributed by atoms with E-state index in [0.717, 1.165) is 37.8 Å². The third-order valence-corrected chi connectivity index (χ3v) is 18.1. The molecule has 3 heterocycles. The van der Waals surface area contributed by atoms with Crippen molar-refractivity contribution in [1.29, 1.82) is 10.5 Å².